The second-order valence-corrected chi connectivity index (χ2v) is 5.41. The molecule has 0 bridgehead atoms. The summed E-state index contributed by atoms with van der Waals surface area (Å²) in [5, 5.41) is 8.70. The average molecular weight is 319 g/mol. The zero-order valence-corrected chi connectivity index (χ0v) is 11.8. The number of rotatable bonds is 4. The highest BCUT2D eigenvalue weighted by atomic mass is 35.5. The molecule has 0 amide bonds. The average Bonchev–Trinajstić information content (AvgIpc) is 2.68. The second kappa shape index (κ2) is 5.38. The highest BCUT2D eigenvalue weighted by molar-refractivity contribution is 7.15. The van der Waals surface area contributed by atoms with Crippen LogP contribution in [0.1, 0.15) is 21.5 Å². The van der Waals surface area contributed by atoms with E-state index in [1.165, 1.54) is 0 Å². The van der Waals surface area contributed by atoms with E-state index in [2.05, 4.69) is 0 Å². The molecule has 2 aromatic rings. The number of carbonyl (C=O) groups is 1. The van der Waals surface area contributed by atoms with E-state index < -0.39 is 16.8 Å². The van der Waals surface area contributed by atoms with Crippen LogP contribution in [0, 0.1) is 0 Å². The summed E-state index contributed by atoms with van der Waals surface area (Å²) >= 11 is 6.26. The number of carboxylic acids is 1. The maximum absolute atomic E-state index is 13.4. The number of thiophene rings is 1. The van der Waals surface area contributed by atoms with Crippen molar-refractivity contribution in [1.29, 1.82) is 0 Å². The number of ether oxygens (including phenoxy) is 1. The van der Waals surface area contributed by atoms with Crippen molar-refractivity contribution in [1.82, 2.24) is 0 Å². The number of halogens is 3. The van der Waals surface area contributed by atoms with Gasteiger partial charge in [-0.2, -0.15) is 0 Å². The molecule has 1 N–H and O–H groups in total. The number of carboxylic acid groups (broad SMARTS) is 1. The van der Waals surface area contributed by atoms with E-state index in [4.69, 9.17) is 21.4 Å². The fourth-order valence-corrected chi connectivity index (χ4v) is 2.88. The first-order chi connectivity index (χ1) is 9.30. The van der Waals surface area contributed by atoms with Gasteiger partial charge in [0.15, 0.2) is 10.6 Å². The van der Waals surface area contributed by atoms with Gasteiger partial charge in [-0.3, -0.25) is 0 Å². The highest BCUT2D eigenvalue weighted by Gasteiger charge is 2.35. The number of hydrogen-bond acceptors (Lipinski definition) is 3. The van der Waals surface area contributed by atoms with Gasteiger partial charge in [0.25, 0.3) is 5.92 Å². The van der Waals surface area contributed by atoms with Crippen molar-refractivity contribution in [3.8, 4) is 11.5 Å². The summed E-state index contributed by atoms with van der Waals surface area (Å²) in [6, 6.07) is 8.23. The van der Waals surface area contributed by atoms with Crippen LogP contribution in [0.25, 0.3) is 0 Å². The van der Waals surface area contributed by atoms with Crippen molar-refractivity contribution in [2.75, 3.05) is 0 Å². The van der Waals surface area contributed by atoms with Crippen LogP contribution in [-0.4, -0.2) is 11.1 Å². The molecule has 1 heterocycles. The molecule has 0 atom stereocenters. The molecular formula is C13H9ClF2O3S. The minimum absolute atomic E-state index is 0.258. The largest absolute Gasteiger partial charge is 0.477 e. The molecule has 20 heavy (non-hydrogen) atoms. The molecule has 0 unspecified atom stereocenters. The summed E-state index contributed by atoms with van der Waals surface area (Å²) in [5.41, 5.74) is 0. The molecule has 1 aromatic heterocycles. The van der Waals surface area contributed by atoms with Gasteiger partial charge in [-0.1, -0.05) is 29.8 Å². The van der Waals surface area contributed by atoms with Gasteiger partial charge >= 0.3 is 5.97 Å². The van der Waals surface area contributed by atoms with Gasteiger partial charge < -0.3 is 9.84 Å². The Hall–Kier alpha value is -1.66. The lowest BCUT2D eigenvalue weighted by molar-refractivity contribution is 0.0215. The molecule has 7 heteroatoms. The molecule has 2 rings (SSSR count). The summed E-state index contributed by atoms with van der Waals surface area (Å²) in [7, 11) is 0. The minimum Gasteiger partial charge on any atom is -0.477 e. The fraction of sp³-hybridized carbons (Fsp3) is 0.154. The minimum atomic E-state index is -3.23. The summed E-state index contributed by atoms with van der Waals surface area (Å²) in [4.78, 5) is 10.3. The maximum Gasteiger partial charge on any atom is 0.349 e. The third-order valence-electron chi connectivity index (χ3n) is 2.37. The van der Waals surface area contributed by atoms with E-state index >= 15 is 0 Å². The first kappa shape index (κ1) is 14.7. The number of hydrogen-bond donors (Lipinski definition) is 1. The van der Waals surface area contributed by atoms with Crippen molar-refractivity contribution >= 4 is 28.9 Å². The summed E-state index contributed by atoms with van der Waals surface area (Å²) in [5.74, 6) is -4.53. The van der Waals surface area contributed by atoms with Crippen LogP contribution in [0.15, 0.2) is 30.3 Å². The molecule has 0 aliphatic heterocycles. The smallest absolute Gasteiger partial charge is 0.349 e. The normalized spacial score (nSPS) is 11.4. The van der Waals surface area contributed by atoms with Crippen molar-refractivity contribution in [2.24, 2.45) is 0 Å². The summed E-state index contributed by atoms with van der Waals surface area (Å²) < 4.78 is 32.1. The van der Waals surface area contributed by atoms with Gasteiger partial charge in [-0.15, -0.1) is 11.3 Å². The van der Waals surface area contributed by atoms with E-state index in [0.29, 0.717) is 24.0 Å². The van der Waals surface area contributed by atoms with Crippen LogP contribution in [0.5, 0.6) is 11.5 Å². The Kier molecular flexibility index (Phi) is 3.96. The quantitative estimate of drug-likeness (QED) is 0.862. The Morgan fingerprint density at radius 1 is 1.35 bits per heavy atom. The van der Waals surface area contributed by atoms with E-state index in [1.54, 1.807) is 30.3 Å². The third-order valence-corrected chi connectivity index (χ3v) is 4.17. The number of para-hydroxylation sites is 1. The van der Waals surface area contributed by atoms with Crippen molar-refractivity contribution < 1.29 is 23.4 Å². The number of aromatic carboxylic acids is 1. The molecule has 0 aliphatic rings. The molecular weight excluding hydrogens is 310 g/mol. The van der Waals surface area contributed by atoms with Crippen molar-refractivity contribution in [3.63, 3.8) is 0 Å². The van der Waals surface area contributed by atoms with Gasteiger partial charge in [-0.05, 0) is 12.1 Å². The van der Waals surface area contributed by atoms with E-state index in [1.807, 2.05) is 0 Å². The Labute approximate surface area is 122 Å². The third kappa shape index (κ3) is 2.91. The van der Waals surface area contributed by atoms with Crippen LogP contribution >= 0.6 is 22.9 Å². The van der Waals surface area contributed by atoms with Crippen LogP contribution in [0.2, 0.25) is 5.02 Å². The molecule has 3 nitrogen and oxygen atoms in total. The number of alkyl halides is 2. The van der Waals surface area contributed by atoms with Crippen LogP contribution < -0.4 is 4.74 Å². The van der Waals surface area contributed by atoms with Gasteiger partial charge in [0.1, 0.15) is 10.8 Å². The molecule has 0 saturated carbocycles. The SMILES string of the molecule is CC(F)(F)c1sc(C(=O)O)c(Oc2ccccc2)c1Cl. The Morgan fingerprint density at radius 3 is 2.45 bits per heavy atom. The predicted molar refractivity (Wildman–Crippen MR) is 72.4 cm³/mol. The monoisotopic (exact) mass is 318 g/mol. The Balaban J connectivity index is 2.51. The first-order valence-corrected chi connectivity index (χ1v) is 6.67. The summed E-state index contributed by atoms with van der Waals surface area (Å²) in [6.45, 7) is 0.655. The maximum atomic E-state index is 13.4. The van der Waals surface area contributed by atoms with Gasteiger partial charge in [0, 0.05) is 6.92 Å². The number of benzene rings is 1. The Morgan fingerprint density at radius 2 is 1.95 bits per heavy atom. The zero-order valence-electron chi connectivity index (χ0n) is 10.2. The molecule has 106 valence electrons. The molecule has 0 radical (unpaired) electrons. The lowest BCUT2D eigenvalue weighted by Crippen LogP contribution is -2.04. The predicted octanol–water partition coefficient (Wildman–Crippen LogP) is 5.00. The molecule has 0 fully saturated rings. The lowest BCUT2D eigenvalue weighted by atomic mass is 10.3. The fourth-order valence-electron chi connectivity index (χ4n) is 1.52. The second-order valence-electron chi connectivity index (χ2n) is 4.01. The van der Waals surface area contributed by atoms with Gasteiger partial charge in [0.2, 0.25) is 0 Å². The van der Waals surface area contributed by atoms with Gasteiger partial charge in [-0.25, -0.2) is 13.6 Å². The van der Waals surface area contributed by atoms with Gasteiger partial charge in [0.05, 0.1) is 4.88 Å². The van der Waals surface area contributed by atoms with E-state index in [9.17, 15) is 13.6 Å². The van der Waals surface area contributed by atoms with Crippen LogP contribution in [0.3, 0.4) is 0 Å². The topological polar surface area (TPSA) is 46.5 Å². The Bertz CT molecular complexity index is 635. The molecule has 0 saturated heterocycles. The molecule has 0 aliphatic carbocycles. The highest BCUT2D eigenvalue weighted by Crippen LogP contribution is 2.47. The molecule has 0 spiro atoms. The van der Waals surface area contributed by atoms with Crippen LogP contribution in [-0.2, 0) is 5.92 Å². The van der Waals surface area contributed by atoms with Crippen LogP contribution in [0.4, 0.5) is 8.78 Å². The van der Waals surface area contributed by atoms with Crippen molar-refractivity contribution in [2.45, 2.75) is 12.8 Å². The molecule has 1 aromatic carbocycles. The summed E-state index contributed by atoms with van der Waals surface area (Å²) in [6.07, 6.45) is 0. The lowest BCUT2D eigenvalue weighted by Gasteiger charge is -2.08. The standard InChI is InChI=1S/C13H9ClF2O3S/c1-13(15,16)11-8(14)9(10(20-11)12(17)18)19-7-5-3-2-4-6-7/h2-6H,1H3,(H,17,18). The van der Waals surface area contributed by atoms with E-state index in [-0.39, 0.29) is 15.6 Å². The zero-order chi connectivity index (χ0) is 14.9. The van der Waals surface area contributed by atoms with E-state index in [0.717, 1.165) is 0 Å². The van der Waals surface area contributed by atoms with Crippen molar-refractivity contribution in [3.05, 3.63) is 45.1 Å². The first-order valence-electron chi connectivity index (χ1n) is 5.47.